The van der Waals surface area contributed by atoms with Gasteiger partial charge in [-0.15, -0.1) is 11.3 Å². The number of amides is 1. The summed E-state index contributed by atoms with van der Waals surface area (Å²) < 4.78 is 0. The number of hydrogen-bond donors (Lipinski definition) is 0. The van der Waals surface area contributed by atoms with E-state index in [4.69, 9.17) is 0 Å². The quantitative estimate of drug-likeness (QED) is 0.820. The molecule has 0 atom stereocenters. The fourth-order valence-corrected chi connectivity index (χ4v) is 2.66. The van der Waals surface area contributed by atoms with Crippen LogP contribution < -0.4 is 0 Å². The van der Waals surface area contributed by atoms with Crippen molar-refractivity contribution in [2.75, 3.05) is 32.7 Å². The fraction of sp³-hybridized carbons (Fsp3) is 0.667. The molecule has 4 nitrogen and oxygen atoms in total. The van der Waals surface area contributed by atoms with E-state index in [0.29, 0.717) is 11.6 Å². The van der Waals surface area contributed by atoms with Crippen LogP contribution in [0.4, 0.5) is 0 Å². The Hall–Kier alpha value is -0.940. The first kappa shape index (κ1) is 12.5. The lowest BCUT2D eigenvalue weighted by Gasteiger charge is -2.35. The Morgan fingerprint density at radius 3 is 2.65 bits per heavy atom. The molecule has 17 heavy (non-hydrogen) atoms. The van der Waals surface area contributed by atoms with Crippen LogP contribution in [-0.4, -0.2) is 53.4 Å². The van der Waals surface area contributed by atoms with Crippen molar-refractivity contribution in [1.82, 2.24) is 14.8 Å². The lowest BCUT2D eigenvalue weighted by Crippen LogP contribution is -2.49. The van der Waals surface area contributed by atoms with Gasteiger partial charge in [0.2, 0.25) is 0 Å². The van der Waals surface area contributed by atoms with Gasteiger partial charge < -0.3 is 4.90 Å². The lowest BCUT2D eigenvalue weighted by molar-refractivity contribution is 0.0619. The highest BCUT2D eigenvalue weighted by atomic mass is 32.1. The second-order valence-electron chi connectivity index (χ2n) is 4.86. The topological polar surface area (TPSA) is 36.4 Å². The Morgan fingerprint density at radius 1 is 1.41 bits per heavy atom. The van der Waals surface area contributed by atoms with Gasteiger partial charge in [-0.05, 0) is 5.92 Å². The van der Waals surface area contributed by atoms with Crippen LogP contribution in [0, 0.1) is 5.92 Å². The van der Waals surface area contributed by atoms with E-state index >= 15 is 0 Å². The average Bonchev–Trinajstić information content (AvgIpc) is 2.82. The first-order valence-corrected chi connectivity index (χ1v) is 7.01. The van der Waals surface area contributed by atoms with E-state index < -0.39 is 0 Å². The summed E-state index contributed by atoms with van der Waals surface area (Å²) in [6.07, 6.45) is 0. The van der Waals surface area contributed by atoms with Gasteiger partial charge in [0.05, 0.1) is 5.51 Å². The molecule has 94 valence electrons. The van der Waals surface area contributed by atoms with Crippen LogP contribution in [0.25, 0.3) is 0 Å². The van der Waals surface area contributed by atoms with E-state index in [0.717, 1.165) is 32.7 Å². The smallest absolute Gasteiger partial charge is 0.273 e. The molecule has 1 amide bonds. The molecule has 1 saturated heterocycles. The Bertz CT molecular complexity index is 356. The van der Waals surface area contributed by atoms with Crippen molar-refractivity contribution in [3.63, 3.8) is 0 Å². The highest BCUT2D eigenvalue weighted by Gasteiger charge is 2.23. The summed E-state index contributed by atoms with van der Waals surface area (Å²) in [7, 11) is 0. The molecule has 1 aromatic heterocycles. The van der Waals surface area contributed by atoms with Crippen molar-refractivity contribution in [2.45, 2.75) is 13.8 Å². The summed E-state index contributed by atoms with van der Waals surface area (Å²) in [5, 5.41) is 1.82. The normalized spacial score (nSPS) is 17.7. The van der Waals surface area contributed by atoms with Crippen molar-refractivity contribution >= 4 is 17.2 Å². The third-order valence-corrected chi connectivity index (χ3v) is 3.52. The first-order valence-electron chi connectivity index (χ1n) is 6.06. The fourth-order valence-electron chi connectivity index (χ4n) is 2.13. The maximum absolute atomic E-state index is 12.0. The highest BCUT2D eigenvalue weighted by Crippen LogP contribution is 2.10. The number of nitrogens with zero attached hydrogens (tertiary/aromatic N) is 3. The lowest BCUT2D eigenvalue weighted by atomic mass is 10.2. The molecule has 0 unspecified atom stereocenters. The maximum atomic E-state index is 12.0. The molecule has 0 saturated carbocycles. The first-order chi connectivity index (χ1) is 8.16. The third-order valence-electron chi connectivity index (χ3n) is 2.93. The molecule has 1 aliphatic rings. The number of hydrogen-bond acceptors (Lipinski definition) is 4. The van der Waals surface area contributed by atoms with Crippen LogP contribution in [-0.2, 0) is 0 Å². The molecule has 1 aromatic rings. The highest BCUT2D eigenvalue weighted by molar-refractivity contribution is 7.07. The van der Waals surface area contributed by atoms with Crippen molar-refractivity contribution in [2.24, 2.45) is 5.92 Å². The van der Waals surface area contributed by atoms with Crippen molar-refractivity contribution in [1.29, 1.82) is 0 Å². The zero-order valence-corrected chi connectivity index (χ0v) is 11.2. The van der Waals surface area contributed by atoms with Crippen molar-refractivity contribution < 1.29 is 4.79 Å². The summed E-state index contributed by atoms with van der Waals surface area (Å²) in [6.45, 7) is 9.19. The molecule has 0 bridgehead atoms. The van der Waals surface area contributed by atoms with Gasteiger partial charge in [0.15, 0.2) is 0 Å². The summed E-state index contributed by atoms with van der Waals surface area (Å²) in [4.78, 5) is 20.4. The SMILES string of the molecule is CC(C)CN1CCN(C(=O)c2cscn2)CC1. The van der Waals surface area contributed by atoms with Crippen molar-refractivity contribution in [3.8, 4) is 0 Å². The molecule has 2 heterocycles. The molecular formula is C12H19N3OS. The van der Waals surface area contributed by atoms with E-state index in [1.807, 2.05) is 10.3 Å². The molecular weight excluding hydrogens is 234 g/mol. The molecule has 1 fully saturated rings. The summed E-state index contributed by atoms with van der Waals surface area (Å²) in [6, 6.07) is 0. The molecule has 2 rings (SSSR count). The van der Waals surface area contributed by atoms with Gasteiger partial charge in [0.1, 0.15) is 5.69 Å². The van der Waals surface area contributed by atoms with Gasteiger partial charge in [-0.3, -0.25) is 9.69 Å². The standard InChI is InChI=1S/C12H19N3OS/c1-10(2)7-14-3-5-15(6-4-14)12(16)11-8-17-9-13-11/h8-10H,3-7H2,1-2H3. The van der Waals surface area contributed by atoms with E-state index in [2.05, 4.69) is 23.7 Å². The molecule has 1 aliphatic heterocycles. The Morgan fingerprint density at radius 2 is 2.12 bits per heavy atom. The minimum Gasteiger partial charge on any atom is -0.335 e. The minimum atomic E-state index is 0.0791. The van der Waals surface area contributed by atoms with E-state index in [1.165, 1.54) is 11.3 Å². The monoisotopic (exact) mass is 253 g/mol. The number of carbonyl (C=O) groups is 1. The number of thiazole rings is 1. The van der Waals surface area contributed by atoms with E-state index in [-0.39, 0.29) is 5.91 Å². The molecule has 0 N–H and O–H groups in total. The van der Waals surface area contributed by atoms with Gasteiger partial charge in [-0.25, -0.2) is 4.98 Å². The number of piperazine rings is 1. The van der Waals surface area contributed by atoms with E-state index in [9.17, 15) is 4.79 Å². The van der Waals surface area contributed by atoms with Crippen LogP contribution in [0.15, 0.2) is 10.9 Å². The summed E-state index contributed by atoms with van der Waals surface area (Å²) >= 11 is 1.47. The van der Waals surface area contributed by atoms with Crippen LogP contribution in [0.1, 0.15) is 24.3 Å². The Balaban J connectivity index is 1.85. The molecule has 0 radical (unpaired) electrons. The third kappa shape index (κ3) is 3.26. The summed E-state index contributed by atoms with van der Waals surface area (Å²) in [5.74, 6) is 0.770. The minimum absolute atomic E-state index is 0.0791. The Labute approximate surface area is 106 Å². The summed E-state index contributed by atoms with van der Waals surface area (Å²) in [5.41, 5.74) is 2.30. The van der Waals surface area contributed by atoms with Crippen LogP contribution in [0.3, 0.4) is 0 Å². The van der Waals surface area contributed by atoms with Crippen LogP contribution in [0.5, 0.6) is 0 Å². The van der Waals surface area contributed by atoms with Gasteiger partial charge in [0.25, 0.3) is 5.91 Å². The van der Waals surface area contributed by atoms with E-state index in [1.54, 1.807) is 5.51 Å². The second-order valence-corrected chi connectivity index (χ2v) is 5.58. The van der Waals surface area contributed by atoms with Gasteiger partial charge in [0, 0.05) is 38.1 Å². The zero-order chi connectivity index (χ0) is 12.3. The predicted molar refractivity (Wildman–Crippen MR) is 69.3 cm³/mol. The van der Waals surface area contributed by atoms with Gasteiger partial charge in [-0.2, -0.15) is 0 Å². The van der Waals surface area contributed by atoms with Gasteiger partial charge >= 0.3 is 0 Å². The molecule has 5 heteroatoms. The largest absolute Gasteiger partial charge is 0.335 e. The second kappa shape index (κ2) is 5.60. The van der Waals surface area contributed by atoms with Crippen LogP contribution >= 0.6 is 11.3 Å². The predicted octanol–water partition coefficient (Wildman–Crippen LogP) is 1.56. The average molecular weight is 253 g/mol. The van der Waals surface area contributed by atoms with Gasteiger partial charge in [-0.1, -0.05) is 13.8 Å². The molecule has 0 spiro atoms. The number of carbonyl (C=O) groups excluding carboxylic acids is 1. The molecule has 0 aliphatic carbocycles. The zero-order valence-electron chi connectivity index (χ0n) is 10.4. The molecule has 0 aromatic carbocycles. The number of rotatable bonds is 3. The maximum Gasteiger partial charge on any atom is 0.273 e. The van der Waals surface area contributed by atoms with Crippen LogP contribution in [0.2, 0.25) is 0 Å². The number of aromatic nitrogens is 1. The van der Waals surface area contributed by atoms with Crippen molar-refractivity contribution in [3.05, 3.63) is 16.6 Å². The Kier molecular flexibility index (Phi) is 4.12.